The molecular formula is C25H24Cl2FN5O4S2. The number of benzene rings is 2. The highest BCUT2D eigenvalue weighted by Gasteiger charge is 2.43. The zero-order valence-corrected chi connectivity index (χ0v) is 23.7. The predicted molar refractivity (Wildman–Crippen MR) is 148 cm³/mol. The molecule has 0 radical (unpaired) electrons. The summed E-state index contributed by atoms with van der Waals surface area (Å²) in [6, 6.07) is 8.30. The van der Waals surface area contributed by atoms with Crippen molar-refractivity contribution in [3.8, 4) is 10.6 Å². The number of nitrogens with one attached hydrogen (secondary N) is 3. The number of aromatic nitrogens is 1. The smallest absolute Gasteiger partial charge is 0.280 e. The lowest BCUT2D eigenvalue weighted by atomic mass is 9.97. The molecule has 3 N–H and O–H groups in total. The molecule has 5 rings (SSSR count). The van der Waals surface area contributed by atoms with E-state index in [9.17, 15) is 22.4 Å². The molecule has 1 saturated heterocycles. The number of nitrogens with zero attached hydrogens (tertiary/aromatic N) is 2. The summed E-state index contributed by atoms with van der Waals surface area (Å²) in [6.07, 6.45) is 2.11. The van der Waals surface area contributed by atoms with E-state index in [0.29, 0.717) is 11.4 Å². The molecule has 1 fully saturated rings. The number of halogens is 3. The molecule has 39 heavy (non-hydrogen) atoms. The maximum absolute atomic E-state index is 13.5. The Morgan fingerprint density at radius 3 is 2.67 bits per heavy atom. The van der Waals surface area contributed by atoms with Gasteiger partial charge in [-0.2, -0.15) is 17.4 Å². The van der Waals surface area contributed by atoms with Crippen LogP contribution in [0.15, 0.2) is 42.5 Å². The number of carbonyl (C=O) groups is 2. The van der Waals surface area contributed by atoms with Crippen LogP contribution in [0.2, 0.25) is 10.0 Å². The van der Waals surface area contributed by atoms with Gasteiger partial charge in [0.15, 0.2) is 0 Å². The second kappa shape index (κ2) is 11.1. The van der Waals surface area contributed by atoms with Crippen molar-refractivity contribution in [1.82, 2.24) is 19.3 Å². The van der Waals surface area contributed by atoms with Gasteiger partial charge in [0.25, 0.3) is 10.2 Å². The quantitative estimate of drug-likeness (QED) is 0.397. The summed E-state index contributed by atoms with van der Waals surface area (Å²) in [6.45, 7) is 0. The third-order valence-electron chi connectivity index (χ3n) is 6.75. The van der Waals surface area contributed by atoms with Crippen LogP contribution < -0.4 is 15.4 Å². The number of thiazole rings is 1. The van der Waals surface area contributed by atoms with Gasteiger partial charge in [-0.25, -0.2) is 9.37 Å². The second-order valence-corrected chi connectivity index (χ2v) is 12.9. The predicted octanol–water partition coefficient (Wildman–Crippen LogP) is 4.30. The van der Waals surface area contributed by atoms with Gasteiger partial charge in [-0.1, -0.05) is 41.4 Å². The van der Waals surface area contributed by atoms with Gasteiger partial charge in [0.2, 0.25) is 11.8 Å². The first-order valence-electron chi connectivity index (χ1n) is 12.1. The summed E-state index contributed by atoms with van der Waals surface area (Å²) in [7, 11) is -2.89. The molecular weight excluding hydrogens is 588 g/mol. The highest BCUT2D eigenvalue weighted by atomic mass is 35.5. The number of fused-ring (bicyclic) bond motifs is 1. The molecule has 1 aliphatic carbocycles. The van der Waals surface area contributed by atoms with Gasteiger partial charge in [0.05, 0.1) is 26.7 Å². The Morgan fingerprint density at radius 1 is 1.15 bits per heavy atom. The van der Waals surface area contributed by atoms with E-state index >= 15 is 0 Å². The summed E-state index contributed by atoms with van der Waals surface area (Å²) < 4.78 is 42.3. The Balaban J connectivity index is 1.33. The largest absolute Gasteiger partial charge is 0.347 e. The van der Waals surface area contributed by atoms with Crippen LogP contribution >= 0.6 is 34.5 Å². The zero-order chi connectivity index (χ0) is 27.9. The fraction of sp³-hybridized carbons (Fsp3) is 0.320. The molecule has 2 aliphatic rings. The van der Waals surface area contributed by atoms with E-state index in [1.807, 2.05) is 18.2 Å². The maximum atomic E-state index is 13.5. The van der Waals surface area contributed by atoms with Crippen LogP contribution in [0.4, 0.5) is 10.1 Å². The number of aryl methyl sites for hydroxylation is 1. The summed E-state index contributed by atoms with van der Waals surface area (Å²) in [5.74, 6) is -1.87. The minimum absolute atomic E-state index is 0.116. The minimum Gasteiger partial charge on any atom is -0.347 e. The van der Waals surface area contributed by atoms with E-state index in [2.05, 4.69) is 15.4 Å². The molecule has 3 aromatic rings. The van der Waals surface area contributed by atoms with Crippen LogP contribution in [0.1, 0.15) is 35.9 Å². The van der Waals surface area contributed by atoms with E-state index < -0.39 is 39.9 Å². The molecule has 2 heterocycles. The highest BCUT2D eigenvalue weighted by Crippen LogP contribution is 2.40. The molecule has 9 nitrogen and oxygen atoms in total. The number of amides is 2. The zero-order valence-electron chi connectivity index (χ0n) is 20.6. The van der Waals surface area contributed by atoms with Crippen LogP contribution in [-0.2, 0) is 26.2 Å². The number of anilines is 1. The molecule has 0 saturated carbocycles. The molecule has 3 unspecified atom stereocenters. The van der Waals surface area contributed by atoms with Gasteiger partial charge >= 0.3 is 0 Å². The Morgan fingerprint density at radius 2 is 1.92 bits per heavy atom. The molecule has 14 heteroatoms. The first-order valence-corrected chi connectivity index (χ1v) is 15.1. The number of hydrogen-bond acceptors (Lipinski definition) is 6. The molecule has 2 aromatic carbocycles. The first kappa shape index (κ1) is 27.9. The molecule has 2 amide bonds. The molecule has 1 aromatic heterocycles. The normalized spacial score (nSPS) is 22.6. The lowest BCUT2D eigenvalue weighted by Crippen LogP contribution is -2.62. The Hall–Kier alpha value is -2.61. The fourth-order valence-corrected chi connectivity index (χ4v) is 7.61. The highest BCUT2D eigenvalue weighted by molar-refractivity contribution is 7.87. The summed E-state index contributed by atoms with van der Waals surface area (Å²) in [5.41, 5.74) is 1.89. The third kappa shape index (κ3) is 5.81. The van der Waals surface area contributed by atoms with Gasteiger partial charge in [-0.3, -0.25) is 9.59 Å². The van der Waals surface area contributed by atoms with Crippen LogP contribution in [0, 0.1) is 5.82 Å². The topological polar surface area (TPSA) is 120 Å². The Bertz CT molecular complexity index is 1550. The minimum atomic E-state index is -4.14. The van der Waals surface area contributed by atoms with Crippen molar-refractivity contribution < 1.29 is 22.4 Å². The van der Waals surface area contributed by atoms with Gasteiger partial charge < -0.3 is 10.6 Å². The van der Waals surface area contributed by atoms with Gasteiger partial charge in [0, 0.05) is 18.3 Å². The van der Waals surface area contributed by atoms with Crippen LogP contribution in [0.25, 0.3) is 10.6 Å². The van der Waals surface area contributed by atoms with E-state index in [1.165, 1.54) is 30.5 Å². The number of hydrogen-bond donors (Lipinski definition) is 3. The van der Waals surface area contributed by atoms with E-state index in [4.69, 9.17) is 28.2 Å². The average molecular weight is 613 g/mol. The van der Waals surface area contributed by atoms with Crippen LogP contribution in [0.3, 0.4) is 0 Å². The van der Waals surface area contributed by atoms with Crippen molar-refractivity contribution in [2.45, 2.75) is 43.8 Å². The van der Waals surface area contributed by atoms with Crippen molar-refractivity contribution in [2.24, 2.45) is 0 Å². The molecule has 1 aliphatic heterocycles. The van der Waals surface area contributed by atoms with E-state index in [0.717, 1.165) is 44.4 Å². The van der Waals surface area contributed by atoms with E-state index in [-0.39, 0.29) is 23.2 Å². The monoisotopic (exact) mass is 611 g/mol. The molecule has 3 atom stereocenters. The van der Waals surface area contributed by atoms with Crippen LogP contribution in [-0.4, -0.2) is 48.7 Å². The van der Waals surface area contributed by atoms with Crippen molar-refractivity contribution >= 4 is 62.2 Å². The summed E-state index contributed by atoms with van der Waals surface area (Å²) >= 11 is 13.6. The van der Waals surface area contributed by atoms with Gasteiger partial charge in [-0.05, 0) is 49.9 Å². The van der Waals surface area contributed by atoms with Crippen LogP contribution in [0.5, 0.6) is 0 Å². The number of likely N-dealkylation sites (N-methyl/N-ethyl adjacent to an activating group) is 1. The average Bonchev–Trinajstić information content (AvgIpc) is 3.33. The maximum Gasteiger partial charge on any atom is 0.280 e. The standard InChI is InChI=1S/C25H24Cl2FN5O4S2/c1-33-21(24(35)29-13-9-10-17(28)16(27)11-13)12-20(32-39(33,36)37)23(34)30-18-7-4-8-19-22(18)38-25(31-19)14-5-2-3-6-15(14)26/h2-3,5-6,9-11,18,20-21,32H,4,7-8,12H2,1H3,(H,29,35)(H,30,34). The van der Waals surface area contributed by atoms with Crippen molar-refractivity contribution in [3.05, 3.63) is 68.9 Å². The lowest BCUT2D eigenvalue weighted by molar-refractivity contribution is -0.125. The van der Waals surface area contributed by atoms with Gasteiger partial charge in [-0.15, -0.1) is 11.3 Å². The third-order valence-corrected chi connectivity index (χ3v) is 10.2. The number of carbonyl (C=O) groups excluding carboxylic acids is 2. The molecule has 0 bridgehead atoms. The number of rotatable bonds is 5. The Kier molecular flexibility index (Phi) is 7.96. The van der Waals surface area contributed by atoms with Crippen molar-refractivity contribution in [1.29, 1.82) is 0 Å². The molecule has 0 spiro atoms. The lowest BCUT2D eigenvalue weighted by Gasteiger charge is -2.36. The Labute approximate surface area is 238 Å². The first-order chi connectivity index (χ1) is 18.5. The van der Waals surface area contributed by atoms with Crippen molar-refractivity contribution in [2.75, 3.05) is 12.4 Å². The van der Waals surface area contributed by atoms with Crippen molar-refractivity contribution in [3.63, 3.8) is 0 Å². The summed E-state index contributed by atoms with van der Waals surface area (Å²) in [4.78, 5) is 32.0. The summed E-state index contributed by atoms with van der Waals surface area (Å²) in [5, 5.41) is 6.66. The molecule has 206 valence electrons. The van der Waals surface area contributed by atoms with Gasteiger partial charge in [0.1, 0.15) is 22.9 Å². The second-order valence-electron chi connectivity index (χ2n) is 9.32. The SMILES string of the molecule is CN1C(C(=O)Nc2ccc(F)c(Cl)c2)CC(C(=O)NC2CCCc3nc(-c4ccccc4Cl)sc32)NS1(=O)=O. The van der Waals surface area contributed by atoms with E-state index in [1.54, 1.807) is 6.07 Å². The fourth-order valence-electron chi connectivity index (χ4n) is 4.66.